The van der Waals surface area contributed by atoms with E-state index in [9.17, 15) is 23.7 Å². The third-order valence-electron chi connectivity index (χ3n) is 3.10. The summed E-state index contributed by atoms with van der Waals surface area (Å²) in [6, 6.07) is 0.782. The Kier molecular flexibility index (Phi) is 6.20. The number of benzene rings is 1. The van der Waals surface area contributed by atoms with E-state index in [0.717, 1.165) is 25.7 Å². The highest BCUT2D eigenvalue weighted by Gasteiger charge is 2.24. The van der Waals surface area contributed by atoms with Gasteiger partial charge in [0.1, 0.15) is 5.56 Å². The van der Waals surface area contributed by atoms with Gasteiger partial charge in [-0.1, -0.05) is 26.2 Å². The van der Waals surface area contributed by atoms with Crippen molar-refractivity contribution in [3.8, 4) is 0 Å². The molecule has 7 heteroatoms. The second kappa shape index (κ2) is 7.66. The van der Waals surface area contributed by atoms with Gasteiger partial charge in [0.25, 0.3) is 11.6 Å². The van der Waals surface area contributed by atoms with Gasteiger partial charge in [0.05, 0.1) is 11.0 Å². The third-order valence-corrected chi connectivity index (χ3v) is 3.10. The van der Waals surface area contributed by atoms with E-state index in [1.165, 1.54) is 0 Å². The lowest BCUT2D eigenvalue weighted by Crippen LogP contribution is -2.33. The molecule has 5 nitrogen and oxygen atoms in total. The molecular formula is C14H18F2N2O3. The number of carbonyl (C=O) groups excluding carboxylic acids is 1. The van der Waals surface area contributed by atoms with Gasteiger partial charge in [0, 0.05) is 6.04 Å². The lowest BCUT2D eigenvalue weighted by Gasteiger charge is -2.13. The molecule has 116 valence electrons. The van der Waals surface area contributed by atoms with Crippen LogP contribution < -0.4 is 5.32 Å². The number of halogens is 2. The van der Waals surface area contributed by atoms with E-state index in [2.05, 4.69) is 5.32 Å². The van der Waals surface area contributed by atoms with E-state index in [0.29, 0.717) is 12.1 Å². The molecule has 1 amide bonds. The Bertz CT molecular complexity index is 535. The number of nitro benzene ring substituents is 1. The number of rotatable bonds is 7. The van der Waals surface area contributed by atoms with Gasteiger partial charge in [-0.25, -0.2) is 8.78 Å². The van der Waals surface area contributed by atoms with E-state index >= 15 is 0 Å². The summed E-state index contributed by atoms with van der Waals surface area (Å²) < 4.78 is 26.2. The minimum atomic E-state index is -1.35. The quantitative estimate of drug-likeness (QED) is 0.475. The van der Waals surface area contributed by atoms with Gasteiger partial charge in [-0.05, 0) is 19.4 Å². The van der Waals surface area contributed by atoms with Gasteiger partial charge in [0.15, 0.2) is 11.6 Å². The van der Waals surface area contributed by atoms with Crippen LogP contribution in [0.1, 0.15) is 49.9 Å². The molecule has 0 saturated carbocycles. The monoisotopic (exact) mass is 300 g/mol. The molecule has 1 N–H and O–H groups in total. The largest absolute Gasteiger partial charge is 0.349 e. The first-order chi connectivity index (χ1) is 9.86. The number of carbonyl (C=O) groups is 1. The van der Waals surface area contributed by atoms with E-state index in [-0.39, 0.29) is 6.04 Å². The van der Waals surface area contributed by atoms with Gasteiger partial charge in [-0.2, -0.15) is 0 Å². The normalized spacial score (nSPS) is 12.0. The molecule has 0 spiro atoms. The first-order valence-corrected chi connectivity index (χ1v) is 6.81. The molecule has 1 unspecified atom stereocenters. The predicted octanol–water partition coefficient (Wildman–Crippen LogP) is 3.57. The van der Waals surface area contributed by atoms with Crippen LogP contribution in [0, 0.1) is 21.7 Å². The highest BCUT2D eigenvalue weighted by Crippen LogP contribution is 2.22. The van der Waals surface area contributed by atoms with E-state index in [4.69, 9.17) is 0 Å². The Morgan fingerprint density at radius 3 is 2.52 bits per heavy atom. The highest BCUT2D eigenvalue weighted by molar-refractivity contribution is 5.98. The highest BCUT2D eigenvalue weighted by atomic mass is 19.2. The summed E-state index contributed by atoms with van der Waals surface area (Å²) in [6.45, 7) is 3.81. The van der Waals surface area contributed by atoms with Crippen molar-refractivity contribution >= 4 is 11.6 Å². The van der Waals surface area contributed by atoms with Crippen molar-refractivity contribution in [3.05, 3.63) is 39.4 Å². The van der Waals surface area contributed by atoms with Gasteiger partial charge in [-0.15, -0.1) is 0 Å². The average Bonchev–Trinajstić information content (AvgIpc) is 2.41. The molecule has 0 aromatic heterocycles. The van der Waals surface area contributed by atoms with Crippen molar-refractivity contribution in [1.29, 1.82) is 0 Å². The molecule has 0 aliphatic rings. The zero-order valence-electron chi connectivity index (χ0n) is 12.0. The summed E-state index contributed by atoms with van der Waals surface area (Å²) in [7, 11) is 0. The van der Waals surface area contributed by atoms with Crippen LogP contribution in [0.3, 0.4) is 0 Å². The Labute approximate surface area is 121 Å². The molecule has 0 aliphatic carbocycles. The topological polar surface area (TPSA) is 72.2 Å². The number of hydrogen-bond acceptors (Lipinski definition) is 3. The number of amides is 1. The molecule has 0 aliphatic heterocycles. The number of nitrogens with zero attached hydrogens (tertiary/aromatic N) is 1. The molecule has 0 bridgehead atoms. The molecule has 21 heavy (non-hydrogen) atoms. The lowest BCUT2D eigenvalue weighted by atomic mass is 10.1. The van der Waals surface area contributed by atoms with E-state index in [1.54, 1.807) is 6.92 Å². The molecule has 1 aromatic rings. The van der Waals surface area contributed by atoms with Crippen LogP contribution in [0.4, 0.5) is 14.5 Å². The lowest BCUT2D eigenvalue weighted by molar-refractivity contribution is -0.385. The summed E-state index contributed by atoms with van der Waals surface area (Å²) in [5, 5.41) is 13.4. The van der Waals surface area contributed by atoms with Crippen LogP contribution in [-0.4, -0.2) is 16.9 Å². The molecule has 1 rings (SSSR count). The smallest absolute Gasteiger partial charge is 0.285 e. The SMILES string of the molecule is CCCCCC(C)NC(=O)c1cc(F)c(F)cc1[N+](=O)[O-]. The fourth-order valence-corrected chi connectivity index (χ4v) is 1.94. The maximum absolute atomic E-state index is 13.2. The Morgan fingerprint density at radius 1 is 1.33 bits per heavy atom. The third kappa shape index (κ3) is 4.77. The Balaban J connectivity index is 2.86. The number of hydrogen-bond donors (Lipinski definition) is 1. The Hall–Kier alpha value is -2.05. The Morgan fingerprint density at radius 2 is 1.95 bits per heavy atom. The van der Waals surface area contributed by atoms with Crippen molar-refractivity contribution in [2.45, 2.75) is 45.6 Å². The summed E-state index contributed by atoms with van der Waals surface area (Å²) in [4.78, 5) is 21.9. The first-order valence-electron chi connectivity index (χ1n) is 6.81. The van der Waals surface area contributed by atoms with Crippen LogP contribution in [0.15, 0.2) is 12.1 Å². The number of nitro groups is 1. The molecule has 0 heterocycles. The summed E-state index contributed by atoms with van der Waals surface area (Å²) >= 11 is 0. The van der Waals surface area contributed by atoms with Crippen LogP contribution in [0.2, 0.25) is 0 Å². The summed E-state index contributed by atoms with van der Waals surface area (Å²) in [5.41, 5.74) is -1.21. The van der Waals surface area contributed by atoms with Crippen molar-refractivity contribution in [2.24, 2.45) is 0 Å². The molecular weight excluding hydrogens is 282 g/mol. The second-order valence-electron chi connectivity index (χ2n) is 4.91. The fraction of sp³-hybridized carbons (Fsp3) is 0.500. The van der Waals surface area contributed by atoms with E-state index < -0.39 is 33.7 Å². The molecule has 1 atom stereocenters. The van der Waals surface area contributed by atoms with Crippen LogP contribution >= 0.6 is 0 Å². The van der Waals surface area contributed by atoms with E-state index in [1.807, 2.05) is 6.92 Å². The molecule has 1 aromatic carbocycles. The first kappa shape index (κ1) is 17.0. The van der Waals surface area contributed by atoms with Gasteiger partial charge >= 0.3 is 0 Å². The standard InChI is InChI=1S/C14H18F2N2O3/c1-3-4-5-6-9(2)17-14(19)10-7-11(15)12(16)8-13(10)18(20)21/h7-9H,3-6H2,1-2H3,(H,17,19). The molecule has 0 saturated heterocycles. The minimum absolute atomic E-state index is 0.197. The van der Waals surface area contributed by atoms with Gasteiger partial charge in [-0.3, -0.25) is 14.9 Å². The van der Waals surface area contributed by atoms with Crippen molar-refractivity contribution < 1.29 is 18.5 Å². The molecule has 0 fully saturated rings. The van der Waals surface area contributed by atoms with Crippen LogP contribution in [-0.2, 0) is 0 Å². The van der Waals surface area contributed by atoms with Gasteiger partial charge < -0.3 is 5.32 Å². The number of nitrogens with one attached hydrogen (secondary N) is 1. The molecule has 0 radical (unpaired) electrons. The number of unbranched alkanes of at least 4 members (excludes halogenated alkanes) is 2. The summed E-state index contributed by atoms with van der Waals surface area (Å²) in [5.74, 6) is -3.41. The second-order valence-corrected chi connectivity index (χ2v) is 4.91. The van der Waals surface area contributed by atoms with Crippen molar-refractivity contribution in [1.82, 2.24) is 5.32 Å². The van der Waals surface area contributed by atoms with Crippen molar-refractivity contribution in [3.63, 3.8) is 0 Å². The summed E-state index contributed by atoms with van der Waals surface area (Å²) in [6.07, 6.45) is 3.69. The maximum Gasteiger partial charge on any atom is 0.285 e. The predicted molar refractivity (Wildman–Crippen MR) is 74.1 cm³/mol. The maximum atomic E-state index is 13.2. The fourth-order valence-electron chi connectivity index (χ4n) is 1.94. The zero-order chi connectivity index (χ0) is 16.0. The van der Waals surface area contributed by atoms with Crippen LogP contribution in [0.5, 0.6) is 0 Å². The minimum Gasteiger partial charge on any atom is -0.349 e. The van der Waals surface area contributed by atoms with Crippen LogP contribution in [0.25, 0.3) is 0 Å². The zero-order valence-corrected chi connectivity index (χ0v) is 12.0. The van der Waals surface area contributed by atoms with Gasteiger partial charge in [0.2, 0.25) is 0 Å². The van der Waals surface area contributed by atoms with Crippen molar-refractivity contribution in [2.75, 3.05) is 0 Å². The average molecular weight is 300 g/mol.